The Morgan fingerprint density at radius 2 is 1.03 bits per heavy atom. The number of benzene rings is 1. The Kier molecular flexibility index (Phi) is 14.7. The van der Waals surface area contributed by atoms with Crippen molar-refractivity contribution in [3.8, 4) is 0 Å². The summed E-state index contributed by atoms with van der Waals surface area (Å²) in [6.45, 7) is -0.293. The maximum Gasteiger partial charge on any atom is 0.460 e. The van der Waals surface area contributed by atoms with Gasteiger partial charge in [-0.15, -0.1) is 0 Å². The number of unbranched alkanes of at least 4 members (excludes halogenated alkanes) is 12. The third-order valence-electron chi connectivity index (χ3n) is 6.05. The van der Waals surface area contributed by atoms with Gasteiger partial charge >= 0.3 is 30.0 Å². The van der Waals surface area contributed by atoms with Gasteiger partial charge in [0.1, 0.15) is 0 Å². The number of halogens is 7. The highest BCUT2D eigenvalue weighted by molar-refractivity contribution is 6.03. The van der Waals surface area contributed by atoms with Crippen LogP contribution in [-0.4, -0.2) is 43.2 Å². The molecular formula is C27H37F7O4. The molecule has 0 fully saturated rings. The van der Waals surface area contributed by atoms with Gasteiger partial charge in [0, 0.05) is 0 Å². The Hall–Kier alpha value is -2.33. The summed E-state index contributed by atoms with van der Waals surface area (Å²) in [6.07, 6.45) is 8.12. The minimum atomic E-state index is -6.54. The van der Waals surface area contributed by atoms with Crippen molar-refractivity contribution in [2.45, 2.75) is 108 Å². The highest BCUT2D eigenvalue weighted by Gasteiger charge is 2.73. The molecule has 0 N–H and O–H groups in total. The molecule has 0 unspecified atom stereocenters. The van der Waals surface area contributed by atoms with Crippen molar-refractivity contribution in [1.29, 1.82) is 0 Å². The molecule has 218 valence electrons. The van der Waals surface area contributed by atoms with Gasteiger partial charge in [-0.25, -0.2) is 9.59 Å². The van der Waals surface area contributed by atoms with E-state index >= 15 is 0 Å². The highest BCUT2D eigenvalue weighted by atomic mass is 19.4. The van der Waals surface area contributed by atoms with E-state index in [9.17, 15) is 40.3 Å². The summed E-state index contributed by atoms with van der Waals surface area (Å²) in [4.78, 5) is 24.4. The second kappa shape index (κ2) is 16.6. The van der Waals surface area contributed by atoms with E-state index in [0.29, 0.717) is 6.42 Å². The molecule has 0 aliphatic heterocycles. The van der Waals surface area contributed by atoms with Crippen molar-refractivity contribution < 1.29 is 49.8 Å². The lowest BCUT2D eigenvalue weighted by Gasteiger charge is -2.27. The fourth-order valence-electron chi connectivity index (χ4n) is 3.73. The average molecular weight is 559 g/mol. The van der Waals surface area contributed by atoms with Crippen LogP contribution in [-0.2, 0) is 9.47 Å². The van der Waals surface area contributed by atoms with Crippen LogP contribution in [0.1, 0.15) is 111 Å². The summed E-state index contributed by atoms with van der Waals surface area (Å²) < 4.78 is 98.7. The molecule has 0 saturated carbocycles. The van der Waals surface area contributed by atoms with E-state index in [0.717, 1.165) is 37.8 Å². The minimum Gasteiger partial charge on any atom is -0.462 e. The van der Waals surface area contributed by atoms with E-state index in [2.05, 4.69) is 11.7 Å². The van der Waals surface area contributed by atoms with Crippen molar-refractivity contribution in [1.82, 2.24) is 0 Å². The minimum absolute atomic E-state index is 0.0376. The molecule has 0 spiro atoms. The first kappa shape index (κ1) is 33.7. The Balaban J connectivity index is 2.37. The van der Waals surface area contributed by atoms with E-state index in [4.69, 9.17) is 4.74 Å². The lowest BCUT2D eigenvalue weighted by Crippen LogP contribution is -2.54. The second-order valence-electron chi connectivity index (χ2n) is 9.28. The van der Waals surface area contributed by atoms with Crippen molar-refractivity contribution in [2.24, 2.45) is 0 Å². The fourth-order valence-corrected chi connectivity index (χ4v) is 3.73. The lowest BCUT2D eigenvalue weighted by atomic mass is 10.0. The van der Waals surface area contributed by atoms with Gasteiger partial charge in [-0.2, -0.15) is 30.7 Å². The molecule has 1 rings (SSSR count). The fraction of sp³-hybridized carbons (Fsp3) is 0.704. The number of alkyl halides is 7. The number of hydrogen-bond acceptors (Lipinski definition) is 4. The van der Waals surface area contributed by atoms with Crippen LogP contribution in [0.25, 0.3) is 0 Å². The smallest absolute Gasteiger partial charge is 0.460 e. The topological polar surface area (TPSA) is 52.6 Å². The molecule has 1 aromatic carbocycles. The van der Waals surface area contributed by atoms with Gasteiger partial charge < -0.3 is 9.47 Å². The van der Waals surface area contributed by atoms with E-state index in [-0.39, 0.29) is 12.2 Å². The predicted molar refractivity (Wildman–Crippen MR) is 129 cm³/mol. The van der Waals surface area contributed by atoms with Gasteiger partial charge in [0.15, 0.2) is 6.61 Å². The number of hydrogen-bond donors (Lipinski definition) is 0. The van der Waals surface area contributed by atoms with Crippen molar-refractivity contribution in [2.75, 3.05) is 13.2 Å². The summed E-state index contributed by atoms with van der Waals surface area (Å²) in [5.74, 6) is -14.7. The van der Waals surface area contributed by atoms with Crippen LogP contribution in [0.4, 0.5) is 30.7 Å². The van der Waals surface area contributed by atoms with Crippen LogP contribution in [0.3, 0.4) is 0 Å². The van der Waals surface area contributed by atoms with Crippen LogP contribution < -0.4 is 0 Å². The van der Waals surface area contributed by atoms with Gasteiger partial charge in [-0.3, -0.25) is 0 Å². The van der Waals surface area contributed by atoms with Crippen molar-refractivity contribution in [3.05, 3.63) is 35.4 Å². The molecule has 38 heavy (non-hydrogen) atoms. The normalized spacial score (nSPS) is 12.4. The molecule has 0 amide bonds. The number of ether oxygens (including phenoxy) is 2. The van der Waals surface area contributed by atoms with E-state index in [1.807, 2.05) is 0 Å². The van der Waals surface area contributed by atoms with Crippen molar-refractivity contribution in [3.63, 3.8) is 0 Å². The van der Waals surface area contributed by atoms with Crippen LogP contribution in [0, 0.1) is 0 Å². The number of esters is 2. The number of carbonyl (C=O) groups excluding carboxylic acids is 2. The Morgan fingerprint density at radius 1 is 0.632 bits per heavy atom. The molecule has 1 aromatic rings. The molecule has 0 saturated heterocycles. The molecule has 0 aliphatic carbocycles. The summed E-state index contributed by atoms with van der Waals surface area (Å²) >= 11 is 0. The summed E-state index contributed by atoms with van der Waals surface area (Å²) in [6, 6.07) is 4.70. The van der Waals surface area contributed by atoms with Crippen LogP contribution in [0.2, 0.25) is 0 Å². The van der Waals surface area contributed by atoms with E-state index in [1.165, 1.54) is 63.5 Å². The molecular weight excluding hydrogens is 521 g/mol. The Bertz CT molecular complexity index is 841. The molecule has 0 heterocycles. The molecule has 0 aliphatic rings. The van der Waals surface area contributed by atoms with Gasteiger partial charge in [0.25, 0.3) is 0 Å². The largest absolute Gasteiger partial charge is 0.462 e. The van der Waals surface area contributed by atoms with E-state index in [1.54, 1.807) is 0 Å². The quantitative estimate of drug-likeness (QED) is 0.0967. The van der Waals surface area contributed by atoms with Crippen LogP contribution in [0.5, 0.6) is 0 Å². The van der Waals surface area contributed by atoms with Crippen LogP contribution in [0.15, 0.2) is 24.3 Å². The number of carbonyl (C=O) groups is 2. The van der Waals surface area contributed by atoms with Gasteiger partial charge in [0.05, 0.1) is 17.7 Å². The van der Waals surface area contributed by atoms with Gasteiger partial charge in [0.2, 0.25) is 0 Å². The number of rotatable bonds is 19. The first-order valence-electron chi connectivity index (χ1n) is 13.1. The van der Waals surface area contributed by atoms with Gasteiger partial charge in [-0.1, -0.05) is 96.1 Å². The van der Waals surface area contributed by atoms with Crippen molar-refractivity contribution >= 4 is 11.9 Å². The zero-order valence-corrected chi connectivity index (χ0v) is 21.7. The Morgan fingerprint density at radius 3 is 1.45 bits per heavy atom. The molecule has 0 atom stereocenters. The third-order valence-corrected chi connectivity index (χ3v) is 6.05. The standard InChI is InChI=1S/C27H37F7O4/c1-2-3-4-5-6-7-8-9-10-11-12-13-16-19-37-23(35)21-17-14-15-18-22(21)24(36)38-20-25(28,29)26(30,31)27(32,33)34/h14-15,17-18H,2-13,16,19-20H2,1H3. The lowest BCUT2D eigenvalue weighted by molar-refractivity contribution is -0.359. The zero-order valence-electron chi connectivity index (χ0n) is 21.7. The molecule has 0 radical (unpaired) electrons. The molecule has 0 bridgehead atoms. The molecule has 11 heteroatoms. The van der Waals surface area contributed by atoms with Crippen LogP contribution >= 0.6 is 0 Å². The SMILES string of the molecule is CCCCCCCCCCCCCCCOC(=O)c1ccccc1C(=O)OCC(F)(F)C(F)(F)C(F)(F)F. The molecule has 4 nitrogen and oxygen atoms in total. The summed E-state index contributed by atoms with van der Waals surface area (Å²) in [5.41, 5.74) is -0.966. The zero-order chi connectivity index (χ0) is 28.7. The highest BCUT2D eigenvalue weighted by Crippen LogP contribution is 2.46. The first-order valence-corrected chi connectivity index (χ1v) is 13.1. The molecule has 0 aromatic heterocycles. The third kappa shape index (κ3) is 11.2. The first-order chi connectivity index (χ1) is 17.8. The summed E-state index contributed by atoms with van der Waals surface area (Å²) in [7, 11) is 0. The second-order valence-corrected chi connectivity index (χ2v) is 9.28. The summed E-state index contributed by atoms with van der Waals surface area (Å²) in [5, 5.41) is 0. The maximum atomic E-state index is 13.4. The monoisotopic (exact) mass is 558 g/mol. The van der Waals surface area contributed by atoms with Gasteiger partial charge in [-0.05, 0) is 18.6 Å². The van der Waals surface area contributed by atoms with E-state index < -0.39 is 42.1 Å². The predicted octanol–water partition coefficient (Wildman–Crippen LogP) is 8.92. The average Bonchev–Trinajstić information content (AvgIpc) is 2.86. The maximum absolute atomic E-state index is 13.4. The Labute approximate surface area is 219 Å².